The fourth-order valence-electron chi connectivity index (χ4n) is 3.08. The Kier molecular flexibility index (Phi) is 4.75. The van der Waals surface area contributed by atoms with Crippen molar-refractivity contribution in [2.75, 3.05) is 0 Å². The van der Waals surface area contributed by atoms with E-state index < -0.39 is 0 Å². The van der Waals surface area contributed by atoms with Gasteiger partial charge < -0.3 is 14.6 Å². The zero-order valence-electron chi connectivity index (χ0n) is 15.0. The van der Waals surface area contributed by atoms with Gasteiger partial charge in [-0.3, -0.25) is 4.79 Å². The van der Waals surface area contributed by atoms with Gasteiger partial charge in [0, 0.05) is 24.1 Å². The third kappa shape index (κ3) is 4.08. The number of amides is 1. The minimum Gasteiger partial charge on any atom is -0.490 e. The summed E-state index contributed by atoms with van der Waals surface area (Å²) in [7, 11) is 0. The molecule has 0 unspecified atom stereocenters. The molecule has 27 heavy (non-hydrogen) atoms. The third-order valence-electron chi connectivity index (χ3n) is 4.41. The van der Waals surface area contributed by atoms with Gasteiger partial charge in [-0.15, -0.1) is 0 Å². The number of benzene rings is 2. The van der Waals surface area contributed by atoms with Crippen LogP contribution in [0.2, 0.25) is 0 Å². The van der Waals surface area contributed by atoms with Crippen molar-refractivity contribution < 1.29 is 14.1 Å². The van der Waals surface area contributed by atoms with E-state index in [0.717, 1.165) is 23.3 Å². The molecule has 2 heterocycles. The van der Waals surface area contributed by atoms with Crippen molar-refractivity contribution in [1.82, 2.24) is 10.5 Å². The molecule has 1 amide bonds. The van der Waals surface area contributed by atoms with Crippen molar-refractivity contribution >= 4 is 12.0 Å². The average Bonchev–Trinajstić information content (AvgIpc) is 3.30. The number of fused-ring (bicyclic) bond motifs is 1. The maximum atomic E-state index is 12.0. The molecule has 0 saturated carbocycles. The molecule has 5 nitrogen and oxygen atoms in total. The molecule has 0 saturated heterocycles. The zero-order chi connectivity index (χ0) is 18.6. The Morgan fingerprint density at radius 1 is 1.22 bits per heavy atom. The van der Waals surface area contributed by atoms with Gasteiger partial charge in [0.1, 0.15) is 17.5 Å². The van der Waals surface area contributed by atoms with E-state index in [4.69, 9.17) is 9.26 Å². The number of aromatic nitrogens is 1. The van der Waals surface area contributed by atoms with E-state index in [2.05, 4.69) is 23.5 Å². The molecule has 1 atom stereocenters. The van der Waals surface area contributed by atoms with E-state index in [1.165, 1.54) is 11.6 Å². The van der Waals surface area contributed by atoms with Crippen LogP contribution in [0.25, 0.3) is 17.4 Å². The maximum absolute atomic E-state index is 12.0. The minimum atomic E-state index is -0.174. The quantitative estimate of drug-likeness (QED) is 0.699. The lowest BCUT2D eigenvalue weighted by Crippen LogP contribution is -2.20. The summed E-state index contributed by atoms with van der Waals surface area (Å²) in [5.74, 6) is 1.44. The first-order valence-electron chi connectivity index (χ1n) is 8.94. The Hall–Kier alpha value is -3.34. The summed E-state index contributed by atoms with van der Waals surface area (Å²) >= 11 is 0. The Morgan fingerprint density at radius 2 is 2.07 bits per heavy atom. The molecular weight excluding hydrogens is 340 g/mol. The number of hydrogen-bond donors (Lipinski definition) is 1. The number of nitrogens with one attached hydrogen (secondary N) is 1. The minimum absolute atomic E-state index is 0.174. The molecule has 1 aliphatic heterocycles. The number of rotatable bonds is 5. The summed E-state index contributed by atoms with van der Waals surface area (Å²) in [6, 6.07) is 17.5. The van der Waals surface area contributed by atoms with Crippen molar-refractivity contribution in [3.05, 3.63) is 77.5 Å². The summed E-state index contributed by atoms with van der Waals surface area (Å²) in [5.41, 5.74) is 3.79. The van der Waals surface area contributed by atoms with Crippen LogP contribution in [0.1, 0.15) is 23.7 Å². The Bertz CT molecular complexity index is 976. The normalized spacial score (nSPS) is 15.5. The van der Waals surface area contributed by atoms with E-state index in [1.807, 2.05) is 48.5 Å². The largest absolute Gasteiger partial charge is 0.490 e. The fourth-order valence-corrected chi connectivity index (χ4v) is 3.08. The van der Waals surface area contributed by atoms with Crippen LogP contribution in [0.4, 0.5) is 0 Å². The molecule has 0 aliphatic carbocycles. The summed E-state index contributed by atoms with van der Waals surface area (Å²) in [4.78, 5) is 12.0. The topological polar surface area (TPSA) is 64.4 Å². The van der Waals surface area contributed by atoms with Crippen LogP contribution in [-0.4, -0.2) is 17.2 Å². The van der Waals surface area contributed by atoms with E-state index in [1.54, 1.807) is 6.08 Å². The SMILES string of the molecule is C[C@H]1Cc2cc(-c3cc(CNC(=O)/C=C\c4ccccc4)no3)ccc2O1. The molecule has 1 aliphatic rings. The average molecular weight is 360 g/mol. The van der Waals surface area contributed by atoms with Crippen molar-refractivity contribution in [3.8, 4) is 17.1 Å². The molecule has 4 rings (SSSR count). The van der Waals surface area contributed by atoms with E-state index in [-0.39, 0.29) is 12.0 Å². The summed E-state index contributed by atoms with van der Waals surface area (Å²) in [5, 5.41) is 6.86. The molecule has 1 aromatic heterocycles. The van der Waals surface area contributed by atoms with E-state index in [9.17, 15) is 4.79 Å². The number of nitrogens with zero attached hydrogens (tertiary/aromatic N) is 1. The zero-order valence-corrected chi connectivity index (χ0v) is 15.0. The lowest BCUT2D eigenvalue weighted by molar-refractivity contribution is -0.116. The Balaban J connectivity index is 1.37. The second-order valence-corrected chi connectivity index (χ2v) is 6.60. The van der Waals surface area contributed by atoms with Crippen LogP contribution in [0.3, 0.4) is 0 Å². The van der Waals surface area contributed by atoms with Crippen LogP contribution in [0, 0.1) is 0 Å². The van der Waals surface area contributed by atoms with Gasteiger partial charge in [0.25, 0.3) is 0 Å². The summed E-state index contributed by atoms with van der Waals surface area (Å²) < 4.78 is 11.2. The van der Waals surface area contributed by atoms with Gasteiger partial charge in [0.2, 0.25) is 5.91 Å². The molecule has 0 radical (unpaired) electrons. The van der Waals surface area contributed by atoms with Crippen molar-refractivity contribution in [1.29, 1.82) is 0 Å². The number of carbonyl (C=O) groups is 1. The molecule has 3 aromatic rings. The van der Waals surface area contributed by atoms with Crippen LogP contribution in [0.15, 0.2) is 65.2 Å². The molecule has 0 spiro atoms. The molecule has 5 heteroatoms. The Labute approximate surface area is 157 Å². The highest BCUT2D eigenvalue weighted by Crippen LogP contribution is 2.33. The predicted molar refractivity (Wildman–Crippen MR) is 103 cm³/mol. The number of carbonyl (C=O) groups excluding carboxylic acids is 1. The van der Waals surface area contributed by atoms with Gasteiger partial charge in [0.05, 0.1) is 6.54 Å². The lowest BCUT2D eigenvalue weighted by atomic mass is 10.1. The highest BCUT2D eigenvalue weighted by molar-refractivity contribution is 5.91. The first kappa shape index (κ1) is 17.1. The van der Waals surface area contributed by atoms with Gasteiger partial charge in [-0.1, -0.05) is 35.5 Å². The van der Waals surface area contributed by atoms with Crippen LogP contribution >= 0.6 is 0 Å². The molecule has 136 valence electrons. The molecule has 0 fully saturated rings. The first-order valence-corrected chi connectivity index (χ1v) is 8.94. The van der Waals surface area contributed by atoms with Gasteiger partial charge >= 0.3 is 0 Å². The molecular formula is C22H20N2O3. The summed E-state index contributed by atoms with van der Waals surface area (Å²) in [6.45, 7) is 2.37. The van der Waals surface area contributed by atoms with Crippen molar-refractivity contribution in [2.45, 2.75) is 26.0 Å². The monoisotopic (exact) mass is 360 g/mol. The summed E-state index contributed by atoms with van der Waals surface area (Å²) in [6.07, 6.45) is 4.39. The second-order valence-electron chi connectivity index (χ2n) is 6.60. The van der Waals surface area contributed by atoms with Gasteiger partial charge in [-0.25, -0.2) is 0 Å². The highest BCUT2D eigenvalue weighted by Gasteiger charge is 2.20. The number of hydrogen-bond acceptors (Lipinski definition) is 4. The standard InChI is InChI=1S/C22H20N2O3/c1-15-11-18-12-17(8-9-20(18)26-15)21-13-19(24-27-21)14-23-22(25)10-7-16-5-3-2-4-6-16/h2-10,12-13,15H,11,14H2,1H3,(H,23,25)/b10-7-/t15-/m0/s1. The third-order valence-corrected chi connectivity index (χ3v) is 4.41. The Morgan fingerprint density at radius 3 is 2.93 bits per heavy atom. The van der Waals surface area contributed by atoms with E-state index >= 15 is 0 Å². The second kappa shape index (κ2) is 7.50. The maximum Gasteiger partial charge on any atom is 0.244 e. The van der Waals surface area contributed by atoms with Crippen LogP contribution in [0.5, 0.6) is 5.75 Å². The molecule has 0 bridgehead atoms. The van der Waals surface area contributed by atoms with E-state index in [0.29, 0.717) is 18.0 Å². The first-order chi connectivity index (χ1) is 13.2. The smallest absolute Gasteiger partial charge is 0.244 e. The van der Waals surface area contributed by atoms with Crippen LogP contribution < -0.4 is 10.1 Å². The number of ether oxygens (including phenoxy) is 1. The highest BCUT2D eigenvalue weighted by atomic mass is 16.5. The molecule has 2 aromatic carbocycles. The lowest BCUT2D eigenvalue weighted by Gasteiger charge is -2.02. The van der Waals surface area contributed by atoms with Crippen LogP contribution in [-0.2, 0) is 17.8 Å². The van der Waals surface area contributed by atoms with Gasteiger partial charge in [-0.2, -0.15) is 0 Å². The van der Waals surface area contributed by atoms with Crippen molar-refractivity contribution in [3.63, 3.8) is 0 Å². The predicted octanol–water partition coefficient (Wildman–Crippen LogP) is 3.99. The fraction of sp³-hybridized carbons (Fsp3) is 0.182. The van der Waals surface area contributed by atoms with Gasteiger partial charge in [-0.05, 0) is 42.3 Å². The van der Waals surface area contributed by atoms with Gasteiger partial charge in [0.15, 0.2) is 5.76 Å². The molecule has 1 N–H and O–H groups in total. The van der Waals surface area contributed by atoms with Crippen molar-refractivity contribution in [2.24, 2.45) is 0 Å².